The Hall–Kier alpha value is -0.770. The largest absolute Gasteiger partial charge is 0.407 e. The van der Waals surface area contributed by atoms with E-state index in [0.29, 0.717) is 17.9 Å². The highest BCUT2D eigenvalue weighted by molar-refractivity contribution is 6.16. The van der Waals surface area contributed by atoms with Crippen molar-refractivity contribution in [2.75, 3.05) is 5.32 Å². The van der Waals surface area contributed by atoms with Gasteiger partial charge in [0.15, 0.2) is 0 Å². The van der Waals surface area contributed by atoms with Crippen molar-refractivity contribution in [2.24, 2.45) is 5.92 Å². The Morgan fingerprint density at radius 2 is 2.00 bits per heavy atom. The summed E-state index contributed by atoms with van der Waals surface area (Å²) in [4.78, 5) is 0. The zero-order valence-corrected chi connectivity index (χ0v) is 10.2. The molecule has 1 heterocycles. The van der Waals surface area contributed by atoms with Crippen molar-refractivity contribution >= 4 is 17.6 Å². The third-order valence-electron chi connectivity index (χ3n) is 2.13. The molecule has 0 bridgehead atoms. The number of hydrogen-bond acceptors (Lipinski definition) is 4. The lowest BCUT2D eigenvalue weighted by molar-refractivity contribution is 0.495. The Morgan fingerprint density at radius 3 is 2.53 bits per heavy atom. The van der Waals surface area contributed by atoms with Gasteiger partial charge in [0.2, 0.25) is 5.89 Å². The van der Waals surface area contributed by atoms with Crippen LogP contribution >= 0.6 is 11.6 Å². The van der Waals surface area contributed by atoms with E-state index in [1.165, 1.54) is 6.42 Å². The smallest absolute Gasteiger partial charge is 0.315 e. The van der Waals surface area contributed by atoms with E-state index in [2.05, 4.69) is 36.3 Å². The van der Waals surface area contributed by atoms with E-state index in [4.69, 9.17) is 16.0 Å². The summed E-state index contributed by atoms with van der Waals surface area (Å²) in [7, 11) is 0. The molecule has 1 aromatic heterocycles. The second-order valence-electron chi connectivity index (χ2n) is 4.15. The first kappa shape index (κ1) is 12.3. The summed E-state index contributed by atoms with van der Waals surface area (Å²) < 4.78 is 5.24. The van der Waals surface area contributed by atoms with Crippen molar-refractivity contribution in [1.82, 2.24) is 10.2 Å². The van der Waals surface area contributed by atoms with E-state index in [1.54, 1.807) is 0 Å². The molecule has 1 aromatic rings. The summed E-state index contributed by atoms with van der Waals surface area (Å²) in [6.45, 7) is 6.53. The van der Waals surface area contributed by atoms with Crippen LogP contribution in [0.15, 0.2) is 4.42 Å². The summed E-state index contributed by atoms with van der Waals surface area (Å²) in [5.41, 5.74) is 0. The minimum atomic E-state index is 0.259. The monoisotopic (exact) mass is 231 g/mol. The number of nitrogens with one attached hydrogen (secondary N) is 1. The Bertz CT molecular complexity index is 288. The van der Waals surface area contributed by atoms with Crippen molar-refractivity contribution < 1.29 is 4.42 Å². The highest BCUT2D eigenvalue weighted by Crippen LogP contribution is 2.12. The summed E-state index contributed by atoms with van der Waals surface area (Å²) in [5, 5.41) is 10.8. The van der Waals surface area contributed by atoms with Gasteiger partial charge in [0, 0.05) is 6.04 Å². The van der Waals surface area contributed by atoms with Crippen LogP contribution in [0.5, 0.6) is 0 Å². The van der Waals surface area contributed by atoms with Gasteiger partial charge in [-0.05, 0) is 25.7 Å². The first-order valence-electron chi connectivity index (χ1n) is 5.26. The standard InChI is InChI=1S/C10H18ClN3O/c1-7(2)4-5-8(3)12-10-14-13-9(6-11)15-10/h7-8H,4-6H2,1-3H3,(H,12,14). The van der Waals surface area contributed by atoms with Gasteiger partial charge in [-0.2, -0.15) is 0 Å². The van der Waals surface area contributed by atoms with Crippen LogP contribution < -0.4 is 5.32 Å². The lowest BCUT2D eigenvalue weighted by Gasteiger charge is -2.12. The third kappa shape index (κ3) is 4.51. The molecular formula is C10H18ClN3O. The van der Waals surface area contributed by atoms with Gasteiger partial charge in [0.1, 0.15) is 5.88 Å². The van der Waals surface area contributed by atoms with E-state index in [0.717, 1.165) is 12.3 Å². The lowest BCUT2D eigenvalue weighted by atomic mass is 10.0. The van der Waals surface area contributed by atoms with Crippen LogP contribution in [-0.4, -0.2) is 16.2 Å². The molecule has 15 heavy (non-hydrogen) atoms. The number of halogens is 1. The van der Waals surface area contributed by atoms with Crippen molar-refractivity contribution in [1.29, 1.82) is 0 Å². The van der Waals surface area contributed by atoms with Crippen LogP contribution in [0.3, 0.4) is 0 Å². The lowest BCUT2D eigenvalue weighted by Crippen LogP contribution is -2.15. The van der Waals surface area contributed by atoms with E-state index in [-0.39, 0.29) is 5.88 Å². The van der Waals surface area contributed by atoms with Gasteiger partial charge in [-0.25, -0.2) is 0 Å². The van der Waals surface area contributed by atoms with Crippen LogP contribution in [0.4, 0.5) is 6.01 Å². The van der Waals surface area contributed by atoms with Crippen molar-refractivity contribution in [3.63, 3.8) is 0 Å². The molecule has 0 radical (unpaired) electrons. The molecule has 1 unspecified atom stereocenters. The summed E-state index contributed by atoms with van der Waals surface area (Å²) in [6.07, 6.45) is 2.28. The molecule has 4 nitrogen and oxygen atoms in total. The molecule has 5 heteroatoms. The molecule has 0 saturated carbocycles. The molecule has 0 fully saturated rings. The number of nitrogens with zero attached hydrogens (tertiary/aromatic N) is 2. The van der Waals surface area contributed by atoms with Crippen molar-refractivity contribution in [3.8, 4) is 0 Å². The van der Waals surface area contributed by atoms with Crippen LogP contribution in [0.25, 0.3) is 0 Å². The van der Waals surface area contributed by atoms with Gasteiger partial charge in [0.25, 0.3) is 0 Å². The fourth-order valence-corrected chi connectivity index (χ4v) is 1.34. The van der Waals surface area contributed by atoms with E-state index in [1.807, 2.05) is 0 Å². The molecule has 0 spiro atoms. The normalized spacial score (nSPS) is 13.1. The van der Waals surface area contributed by atoms with Gasteiger partial charge in [-0.1, -0.05) is 18.9 Å². The quantitative estimate of drug-likeness (QED) is 0.765. The van der Waals surface area contributed by atoms with Crippen LogP contribution in [0.1, 0.15) is 39.5 Å². The first-order valence-corrected chi connectivity index (χ1v) is 5.80. The van der Waals surface area contributed by atoms with E-state index in [9.17, 15) is 0 Å². The molecule has 1 atom stereocenters. The zero-order valence-electron chi connectivity index (χ0n) is 9.46. The van der Waals surface area contributed by atoms with Gasteiger partial charge >= 0.3 is 6.01 Å². The fraction of sp³-hybridized carbons (Fsp3) is 0.800. The maximum atomic E-state index is 5.56. The van der Waals surface area contributed by atoms with E-state index >= 15 is 0 Å². The molecule has 0 saturated heterocycles. The van der Waals surface area contributed by atoms with Gasteiger partial charge in [0.05, 0.1) is 0 Å². The summed E-state index contributed by atoms with van der Waals surface area (Å²) in [6, 6.07) is 0.804. The topological polar surface area (TPSA) is 51.0 Å². The molecule has 0 amide bonds. The average molecular weight is 232 g/mol. The maximum Gasteiger partial charge on any atom is 0.315 e. The predicted molar refractivity (Wildman–Crippen MR) is 61.0 cm³/mol. The zero-order chi connectivity index (χ0) is 11.3. The molecule has 0 aromatic carbocycles. The van der Waals surface area contributed by atoms with Crippen LogP contribution in [-0.2, 0) is 5.88 Å². The molecule has 0 aliphatic rings. The average Bonchev–Trinajstić information content (AvgIpc) is 2.62. The molecule has 86 valence electrons. The van der Waals surface area contributed by atoms with Crippen molar-refractivity contribution in [3.05, 3.63) is 5.89 Å². The van der Waals surface area contributed by atoms with Crippen molar-refractivity contribution in [2.45, 2.75) is 45.5 Å². The van der Waals surface area contributed by atoms with Crippen LogP contribution in [0.2, 0.25) is 0 Å². The summed E-state index contributed by atoms with van der Waals surface area (Å²) >= 11 is 5.56. The third-order valence-corrected chi connectivity index (χ3v) is 2.36. The number of alkyl halides is 1. The molecule has 1 N–H and O–H groups in total. The number of aromatic nitrogens is 2. The van der Waals surface area contributed by atoms with Gasteiger partial charge < -0.3 is 9.73 Å². The minimum Gasteiger partial charge on any atom is -0.407 e. The molecular weight excluding hydrogens is 214 g/mol. The second-order valence-corrected chi connectivity index (χ2v) is 4.42. The first-order chi connectivity index (χ1) is 7.11. The number of rotatable bonds is 6. The predicted octanol–water partition coefficient (Wildman–Crippen LogP) is 3.05. The summed E-state index contributed by atoms with van der Waals surface area (Å²) in [5.74, 6) is 1.43. The van der Waals surface area contributed by atoms with Gasteiger partial charge in [-0.3, -0.25) is 0 Å². The Kier molecular flexibility index (Phi) is 4.88. The fourth-order valence-electron chi connectivity index (χ4n) is 1.23. The Morgan fingerprint density at radius 1 is 1.27 bits per heavy atom. The maximum absolute atomic E-state index is 5.56. The Labute approximate surface area is 95.4 Å². The molecule has 1 rings (SSSR count). The number of anilines is 1. The Balaban J connectivity index is 2.33. The molecule has 0 aliphatic carbocycles. The highest BCUT2D eigenvalue weighted by atomic mass is 35.5. The minimum absolute atomic E-state index is 0.259. The SMILES string of the molecule is CC(C)CCC(C)Nc1nnc(CCl)o1. The van der Waals surface area contributed by atoms with E-state index < -0.39 is 0 Å². The highest BCUT2D eigenvalue weighted by Gasteiger charge is 2.08. The number of hydrogen-bond donors (Lipinski definition) is 1. The second kappa shape index (κ2) is 5.95. The molecule has 0 aliphatic heterocycles. The van der Waals surface area contributed by atoms with Gasteiger partial charge in [-0.15, -0.1) is 16.7 Å². The van der Waals surface area contributed by atoms with Crippen LogP contribution in [0, 0.1) is 5.92 Å².